The lowest BCUT2D eigenvalue weighted by Gasteiger charge is -2.30. The number of rotatable bonds is 7. The normalized spacial score (nSPS) is 14.6. The molecule has 0 saturated carbocycles. The Balaban J connectivity index is 1.22. The first-order chi connectivity index (χ1) is 14.6. The third kappa shape index (κ3) is 4.35. The van der Waals surface area contributed by atoms with Gasteiger partial charge >= 0.3 is 0 Å². The summed E-state index contributed by atoms with van der Waals surface area (Å²) in [6.45, 7) is 2.23. The number of nitrogens with one attached hydrogen (secondary N) is 2. The highest BCUT2D eigenvalue weighted by Gasteiger charge is 2.27. The zero-order chi connectivity index (χ0) is 20.9. The van der Waals surface area contributed by atoms with Gasteiger partial charge < -0.3 is 20.0 Å². The summed E-state index contributed by atoms with van der Waals surface area (Å²) in [6.07, 6.45) is 1.45. The fourth-order valence-electron chi connectivity index (χ4n) is 3.64. The number of amides is 1. The Morgan fingerprint density at radius 2 is 1.87 bits per heavy atom. The molecule has 1 aliphatic heterocycles. The van der Waals surface area contributed by atoms with E-state index in [9.17, 15) is 14.9 Å². The van der Waals surface area contributed by atoms with E-state index >= 15 is 0 Å². The average Bonchev–Trinajstić information content (AvgIpc) is 3.21. The van der Waals surface area contributed by atoms with Gasteiger partial charge in [-0.2, -0.15) is 4.98 Å². The second-order valence-corrected chi connectivity index (χ2v) is 7.22. The molecule has 2 aromatic carbocycles. The van der Waals surface area contributed by atoms with E-state index < -0.39 is 4.92 Å². The van der Waals surface area contributed by atoms with Crippen molar-refractivity contribution in [1.82, 2.24) is 10.3 Å². The monoisotopic (exact) mass is 409 g/mol. The average molecular weight is 409 g/mol. The number of benzene rings is 2. The maximum absolute atomic E-state index is 12.5. The number of carbonyl (C=O) groups is 1. The van der Waals surface area contributed by atoms with Crippen molar-refractivity contribution in [3.05, 3.63) is 58.6 Å². The van der Waals surface area contributed by atoms with E-state index in [4.69, 9.17) is 4.42 Å². The van der Waals surface area contributed by atoms with Gasteiger partial charge in [-0.25, -0.2) is 0 Å². The summed E-state index contributed by atoms with van der Waals surface area (Å²) in [7, 11) is 0. The summed E-state index contributed by atoms with van der Waals surface area (Å²) in [5, 5.41) is 17.0. The van der Waals surface area contributed by atoms with Gasteiger partial charge in [-0.3, -0.25) is 14.9 Å². The van der Waals surface area contributed by atoms with Crippen LogP contribution >= 0.6 is 0 Å². The van der Waals surface area contributed by atoms with Crippen molar-refractivity contribution < 1.29 is 14.1 Å². The predicted octanol–water partition coefficient (Wildman–Crippen LogP) is 3.18. The van der Waals surface area contributed by atoms with Crippen LogP contribution in [0.2, 0.25) is 0 Å². The molecule has 1 aliphatic rings. The van der Waals surface area contributed by atoms with E-state index in [-0.39, 0.29) is 17.5 Å². The van der Waals surface area contributed by atoms with Gasteiger partial charge in [-0.15, -0.1) is 0 Å². The maximum Gasteiger partial charge on any atom is 0.298 e. The van der Waals surface area contributed by atoms with Crippen LogP contribution in [0.25, 0.3) is 11.1 Å². The van der Waals surface area contributed by atoms with Crippen LogP contribution in [0.15, 0.2) is 52.9 Å². The third-order valence-electron chi connectivity index (χ3n) is 5.26. The van der Waals surface area contributed by atoms with Crippen LogP contribution in [-0.2, 0) is 4.79 Å². The van der Waals surface area contributed by atoms with E-state index in [2.05, 4.69) is 20.5 Å². The second-order valence-electron chi connectivity index (χ2n) is 7.22. The van der Waals surface area contributed by atoms with Crippen molar-refractivity contribution in [2.24, 2.45) is 5.92 Å². The molecule has 2 N–H and O–H groups in total. The largest absolute Gasteiger partial charge is 0.423 e. The number of carbonyl (C=O) groups excluding carboxylic acids is 1. The second kappa shape index (κ2) is 8.81. The van der Waals surface area contributed by atoms with Crippen LogP contribution < -0.4 is 15.5 Å². The molecule has 30 heavy (non-hydrogen) atoms. The molecule has 9 nitrogen and oxygen atoms in total. The first-order valence-electron chi connectivity index (χ1n) is 9.97. The summed E-state index contributed by atoms with van der Waals surface area (Å²) in [5.41, 5.74) is 2.07. The number of oxazole rings is 1. The minimum atomic E-state index is -0.425. The molecule has 0 spiro atoms. The number of hydrogen-bond donors (Lipinski definition) is 2. The molecule has 3 aromatic rings. The summed E-state index contributed by atoms with van der Waals surface area (Å²) in [4.78, 5) is 29.7. The molecule has 1 saturated heterocycles. The smallest absolute Gasteiger partial charge is 0.298 e. The molecule has 2 heterocycles. The van der Waals surface area contributed by atoms with Gasteiger partial charge in [0.2, 0.25) is 5.91 Å². The number of aromatic nitrogens is 1. The molecule has 1 fully saturated rings. The van der Waals surface area contributed by atoms with Crippen LogP contribution in [-0.4, -0.2) is 42.0 Å². The van der Waals surface area contributed by atoms with Crippen LogP contribution in [0.3, 0.4) is 0 Å². The van der Waals surface area contributed by atoms with Gasteiger partial charge in [-0.05, 0) is 31.0 Å². The van der Waals surface area contributed by atoms with Crippen molar-refractivity contribution in [3.8, 4) is 0 Å². The summed E-state index contributed by atoms with van der Waals surface area (Å²) >= 11 is 0. The van der Waals surface area contributed by atoms with E-state index in [1.54, 1.807) is 18.2 Å². The van der Waals surface area contributed by atoms with Crippen molar-refractivity contribution in [2.45, 2.75) is 12.8 Å². The molecule has 0 radical (unpaired) electrons. The van der Waals surface area contributed by atoms with E-state index in [0.717, 1.165) is 23.9 Å². The first kappa shape index (κ1) is 19.7. The minimum Gasteiger partial charge on any atom is -0.423 e. The Labute approximate surface area is 173 Å². The van der Waals surface area contributed by atoms with E-state index in [1.807, 2.05) is 24.3 Å². The van der Waals surface area contributed by atoms with Crippen LogP contribution in [0.1, 0.15) is 12.8 Å². The molecule has 0 atom stereocenters. The van der Waals surface area contributed by atoms with Crippen molar-refractivity contribution in [3.63, 3.8) is 0 Å². The lowest BCUT2D eigenvalue weighted by atomic mass is 9.96. The number of para-hydroxylation sites is 4. The first-order valence-corrected chi connectivity index (χ1v) is 9.97. The number of nitro benzene ring substituents is 1. The summed E-state index contributed by atoms with van der Waals surface area (Å²) in [5.74, 6) is -0.0479. The minimum absolute atomic E-state index is 0.0107. The van der Waals surface area contributed by atoms with Gasteiger partial charge in [-0.1, -0.05) is 24.3 Å². The fraction of sp³-hybridized carbons (Fsp3) is 0.333. The predicted molar refractivity (Wildman–Crippen MR) is 114 cm³/mol. The molecule has 9 heteroatoms. The molecule has 4 rings (SSSR count). The lowest BCUT2D eigenvalue weighted by molar-refractivity contribution is -0.384. The van der Waals surface area contributed by atoms with Gasteiger partial charge in [0, 0.05) is 38.2 Å². The van der Waals surface area contributed by atoms with Crippen molar-refractivity contribution in [2.75, 3.05) is 36.4 Å². The molecule has 156 valence electrons. The topological polar surface area (TPSA) is 114 Å². The standard InChI is InChI=1S/C21H23N5O4/c27-20(23-12-11-22-16-5-1-3-7-18(16)26(28)29)15-9-13-25(14-10-15)21-24-17-6-2-4-8-19(17)30-21/h1-8,15,22H,9-14H2,(H,23,27). The van der Waals surface area contributed by atoms with Gasteiger partial charge in [0.1, 0.15) is 11.2 Å². The molecule has 0 unspecified atom stereocenters. The SMILES string of the molecule is O=C(NCCNc1ccccc1[N+](=O)[O-])C1CCN(c2nc3ccccc3o2)CC1. The maximum atomic E-state index is 12.5. The molecule has 0 bridgehead atoms. The number of nitrogens with zero attached hydrogens (tertiary/aromatic N) is 3. The Bertz CT molecular complexity index is 1010. The summed E-state index contributed by atoms with van der Waals surface area (Å²) < 4.78 is 5.81. The quantitative estimate of drug-likeness (QED) is 0.350. The molecular formula is C21H23N5O4. The number of hydrogen-bond acceptors (Lipinski definition) is 7. The Morgan fingerprint density at radius 1 is 1.13 bits per heavy atom. The highest BCUT2D eigenvalue weighted by molar-refractivity contribution is 5.79. The molecule has 0 aliphatic carbocycles. The fourth-order valence-corrected chi connectivity index (χ4v) is 3.64. The number of anilines is 2. The van der Waals surface area contributed by atoms with Crippen LogP contribution in [0.5, 0.6) is 0 Å². The number of piperidine rings is 1. The van der Waals surface area contributed by atoms with Gasteiger partial charge in [0.05, 0.1) is 4.92 Å². The third-order valence-corrected chi connectivity index (χ3v) is 5.26. The highest BCUT2D eigenvalue weighted by atomic mass is 16.6. The Kier molecular flexibility index (Phi) is 5.78. The summed E-state index contributed by atoms with van der Waals surface area (Å²) in [6, 6.07) is 14.7. The highest BCUT2D eigenvalue weighted by Crippen LogP contribution is 2.26. The number of nitro groups is 1. The van der Waals surface area contributed by atoms with Crippen LogP contribution in [0, 0.1) is 16.0 Å². The van der Waals surface area contributed by atoms with E-state index in [0.29, 0.717) is 37.9 Å². The molecular weight excluding hydrogens is 386 g/mol. The molecule has 1 aromatic heterocycles. The van der Waals surface area contributed by atoms with E-state index in [1.165, 1.54) is 6.07 Å². The lowest BCUT2D eigenvalue weighted by Crippen LogP contribution is -2.41. The Hall–Kier alpha value is -3.62. The zero-order valence-corrected chi connectivity index (χ0v) is 16.4. The van der Waals surface area contributed by atoms with Crippen molar-refractivity contribution >= 4 is 34.4 Å². The van der Waals surface area contributed by atoms with Crippen LogP contribution in [0.4, 0.5) is 17.4 Å². The zero-order valence-electron chi connectivity index (χ0n) is 16.4. The van der Waals surface area contributed by atoms with Gasteiger partial charge in [0.15, 0.2) is 5.58 Å². The van der Waals surface area contributed by atoms with Crippen molar-refractivity contribution in [1.29, 1.82) is 0 Å². The van der Waals surface area contributed by atoms with Gasteiger partial charge in [0.25, 0.3) is 11.7 Å². The Morgan fingerprint density at radius 3 is 2.63 bits per heavy atom. The number of fused-ring (bicyclic) bond motifs is 1. The molecule has 1 amide bonds.